The van der Waals surface area contributed by atoms with Gasteiger partial charge in [-0.3, -0.25) is 0 Å². The van der Waals surface area contributed by atoms with Gasteiger partial charge in [0.05, 0.1) is 6.04 Å². The predicted octanol–water partition coefficient (Wildman–Crippen LogP) is 2.31. The molecular weight excluding hydrogens is 218 g/mol. The maximum atomic E-state index is 5.87. The molecule has 1 rings (SSSR count). The minimum absolute atomic E-state index is 0.295. The molecule has 0 aliphatic rings. The molecule has 1 heterocycles. The van der Waals surface area contributed by atoms with Crippen LogP contribution in [-0.2, 0) is 10.3 Å². The molecule has 0 bridgehead atoms. The van der Waals surface area contributed by atoms with Crippen LogP contribution in [0.5, 0.6) is 0 Å². The molecule has 0 saturated carbocycles. The van der Waals surface area contributed by atoms with Gasteiger partial charge in [-0.25, -0.2) is 0 Å². The fourth-order valence-corrected chi connectivity index (χ4v) is 1.52. The van der Waals surface area contributed by atoms with Crippen molar-refractivity contribution in [1.29, 1.82) is 0 Å². The Bertz CT molecular complexity index is 364. The van der Waals surface area contributed by atoms with Gasteiger partial charge in [-0.05, 0) is 26.7 Å². The summed E-state index contributed by atoms with van der Waals surface area (Å²) in [4.78, 5) is 4.31. The van der Waals surface area contributed by atoms with Crippen LogP contribution in [0.15, 0.2) is 17.2 Å². The Morgan fingerprint density at radius 2 is 2.29 bits per heavy atom. The smallest absolute Gasteiger partial charge is 0.243 e. The van der Waals surface area contributed by atoms with Gasteiger partial charge >= 0.3 is 0 Å². The summed E-state index contributed by atoms with van der Waals surface area (Å²) in [7, 11) is 0. The zero-order valence-electron chi connectivity index (χ0n) is 10.8. The van der Waals surface area contributed by atoms with E-state index < -0.39 is 5.60 Å². The molecule has 5 heteroatoms. The minimum Gasteiger partial charge on any atom is -0.367 e. The Morgan fingerprint density at radius 3 is 2.82 bits per heavy atom. The van der Waals surface area contributed by atoms with Crippen molar-refractivity contribution in [3.8, 4) is 0 Å². The fourth-order valence-electron chi connectivity index (χ4n) is 1.52. The Kier molecular flexibility index (Phi) is 4.84. The summed E-state index contributed by atoms with van der Waals surface area (Å²) in [6.07, 6.45) is 3.12. The van der Waals surface area contributed by atoms with Gasteiger partial charge in [0, 0.05) is 6.61 Å². The van der Waals surface area contributed by atoms with E-state index in [0.717, 1.165) is 6.42 Å². The third-order valence-corrected chi connectivity index (χ3v) is 2.79. The Labute approximate surface area is 102 Å². The van der Waals surface area contributed by atoms with E-state index in [1.807, 2.05) is 20.8 Å². The second-order valence-electron chi connectivity index (χ2n) is 4.10. The molecule has 0 saturated heterocycles. The second-order valence-corrected chi connectivity index (χ2v) is 4.10. The molecule has 1 aromatic heterocycles. The lowest BCUT2D eigenvalue weighted by molar-refractivity contribution is -0.0403. The third kappa shape index (κ3) is 3.14. The number of ether oxygens (including phenoxy) is 1. The molecule has 0 radical (unpaired) electrons. The van der Waals surface area contributed by atoms with Crippen molar-refractivity contribution in [3.05, 3.63) is 24.4 Å². The summed E-state index contributed by atoms with van der Waals surface area (Å²) in [5.41, 5.74) is 5.36. The van der Waals surface area contributed by atoms with Crippen molar-refractivity contribution in [2.24, 2.45) is 5.73 Å². The maximum Gasteiger partial charge on any atom is 0.243 e. The Hall–Kier alpha value is -1.20. The molecule has 0 aliphatic heterocycles. The SMILES string of the molecule is C=CCC(N)c1nc(C(C)(CC)OCC)no1. The second kappa shape index (κ2) is 5.93. The van der Waals surface area contributed by atoms with Crippen LogP contribution in [0.4, 0.5) is 0 Å². The average Bonchev–Trinajstić information content (AvgIpc) is 2.79. The first-order valence-electron chi connectivity index (χ1n) is 5.91. The summed E-state index contributed by atoms with van der Waals surface area (Å²) in [5, 5.41) is 3.96. The predicted molar refractivity (Wildman–Crippen MR) is 65.3 cm³/mol. The van der Waals surface area contributed by atoms with Crippen LogP contribution in [0, 0.1) is 0 Å². The lowest BCUT2D eigenvalue weighted by Crippen LogP contribution is -2.26. The van der Waals surface area contributed by atoms with Gasteiger partial charge in [-0.2, -0.15) is 4.98 Å². The van der Waals surface area contributed by atoms with Crippen molar-refractivity contribution in [2.75, 3.05) is 6.61 Å². The quantitative estimate of drug-likeness (QED) is 0.739. The van der Waals surface area contributed by atoms with E-state index in [-0.39, 0.29) is 6.04 Å². The lowest BCUT2D eigenvalue weighted by Gasteiger charge is -2.23. The van der Waals surface area contributed by atoms with Crippen LogP contribution >= 0.6 is 0 Å². The van der Waals surface area contributed by atoms with Gasteiger partial charge in [0.2, 0.25) is 11.7 Å². The van der Waals surface area contributed by atoms with E-state index in [1.165, 1.54) is 0 Å². The van der Waals surface area contributed by atoms with Crippen LogP contribution in [0.2, 0.25) is 0 Å². The molecular formula is C12H21N3O2. The highest BCUT2D eigenvalue weighted by Gasteiger charge is 2.31. The highest BCUT2D eigenvalue weighted by atomic mass is 16.5. The van der Waals surface area contributed by atoms with E-state index >= 15 is 0 Å². The van der Waals surface area contributed by atoms with Gasteiger partial charge in [0.25, 0.3) is 0 Å². The summed E-state index contributed by atoms with van der Waals surface area (Å²) in [6.45, 7) is 10.2. The van der Waals surface area contributed by atoms with Gasteiger partial charge in [-0.15, -0.1) is 6.58 Å². The molecule has 0 spiro atoms. The van der Waals surface area contributed by atoms with Crippen LogP contribution in [0.3, 0.4) is 0 Å². The molecule has 0 fully saturated rings. The standard InChI is InChI=1S/C12H21N3O2/c1-5-8-9(13)10-14-11(15-17-10)12(4,6-2)16-7-3/h5,9H,1,6-8,13H2,2-4H3. The van der Waals surface area contributed by atoms with Crippen molar-refractivity contribution in [2.45, 2.75) is 45.3 Å². The van der Waals surface area contributed by atoms with E-state index in [9.17, 15) is 0 Å². The summed E-state index contributed by atoms with van der Waals surface area (Å²) >= 11 is 0. The molecule has 96 valence electrons. The number of hydrogen-bond acceptors (Lipinski definition) is 5. The monoisotopic (exact) mass is 239 g/mol. The number of hydrogen-bond donors (Lipinski definition) is 1. The summed E-state index contributed by atoms with van der Waals surface area (Å²) in [6, 6.07) is -0.295. The van der Waals surface area contributed by atoms with Crippen LogP contribution in [0.25, 0.3) is 0 Å². The first-order valence-corrected chi connectivity index (χ1v) is 5.91. The van der Waals surface area contributed by atoms with Gasteiger partial charge in [-0.1, -0.05) is 18.2 Å². The third-order valence-electron chi connectivity index (χ3n) is 2.79. The molecule has 1 aromatic rings. The van der Waals surface area contributed by atoms with E-state index in [4.69, 9.17) is 15.0 Å². The van der Waals surface area contributed by atoms with Gasteiger partial charge in [0.15, 0.2) is 0 Å². The number of nitrogens with zero attached hydrogens (tertiary/aromatic N) is 2. The van der Waals surface area contributed by atoms with E-state index in [1.54, 1.807) is 6.08 Å². The van der Waals surface area contributed by atoms with Gasteiger partial charge in [0.1, 0.15) is 5.60 Å². The molecule has 0 amide bonds. The highest BCUT2D eigenvalue weighted by molar-refractivity contribution is 5.02. The number of nitrogens with two attached hydrogens (primary N) is 1. The molecule has 17 heavy (non-hydrogen) atoms. The largest absolute Gasteiger partial charge is 0.367 e. The number of rotatable bonds is 7. The zero-order valence-corrected chi connectivity index (χ0v) is 10.8. The average molecular weight is 239 g/mol. The van der Waals surface area contributed by atoms with E-state index in [2.05, 4.69) is 16.7 Å². The van der Waals surface area contributed by atoms with Gasteiger partial charge < -0.3 is 15.0 Å². The van der Waals surface area contributed by atoms with E-state index in [0.29, 0.717) is 24.7 Å². The summed E-state index contributed by atoms with van der Waals surface area (Å²) in [5.74, 6) is 0.982. The molecule has 0 aromatic carbocycles. The number of aromatic nitrogens is 2. The summed E-state index contributed by atoms with van der Waals surface area (Å²) < 4.78 is 10.8. The lowest BCUT2D eigenvalue weighted by atomic mass is 10.0. The first-order chi connectivity index (χ1) is 8.07. The molecule has 5 nitrogen and oxygen atoms in total. The molecule has 2 N–H and O–H groups in total. The normalized spacial score (nSPS) is 16.5. The topological polar surface area (TPSA) is 74.2 Å². The van der Waals surface area contributed by atoms with Crippen LogP contribution in [0.1, 0.15) is 51.4 Å². The van der Waals surface area contributed by atoms with Crippen LogP contribution < -0.4 is 5.73 Å². The van der Waals surface area contributed by atoms with Crippen molar-refractivity contribution in [3.63, 3.8) is 0 Å². The van der Waals surface area contributed by atoms with Crippen molar-refractivity contribution in [1.82, 2.24) is 10.1 Å². The fraction of sp³-hybridized carbons (Fsp3) is 0.667. The van der Waals surface area contributed by atoms with Crippen molar-refractivity contribution < 1.29 is 9.26 Å². The van der Waals surface area contributed by atoms with Crippen LogP contribution in [-0.4, -0.2) is 16.7 Å². The highest BCUT2D eigenvalue weighted by Crippen LogP contribution is 2.27. The first kappa shape index (κ1) is 13.9. The molecule has 2 atom stereocenters. The molecule has 0 aliphatic carbocycles. The molecule has 2 unspecified atom stereocenters. The van der Waals surface area contributed by atoms with Crippen molar-refractivity contribution >= 4 is 0 Å². The zero-order chi connectivity index (χ0) is 12.9. The maximum absolute atomic E-state index is 5.87. The Balaban J connectivity index is 2.88. The minimum atomic E-state index is -0.510. The Morgan fingerprint density at radius 1 is 1.59 bits per heavy atom.